The summed E-state index contributed by atoms with van der Waals surface area (Å²) in [5.74, 6) is 1.66. The van der Waals surface area contributed by atoms with E-state index in [9.17, 15) is 5.11 Å². The molecule has 0 aliphatic rings. The molecule has 0 aliphatic heterocycles. The summed E-state index contributed by atoms with van der Waals surface area (Å²) >= 11 is 0. The second-order valence-corrected chi connectivity index (χ2v) is 4.09. The summed E-state index contributed by atoms with van der Waals surface area (Å²) in [6.45, 7) is 1.98. The predicted octanol–water partition coefficient (Wildman–Crippen LogP) is 3.38. The van der Waals surface area contributed by atoms with Crippen LogP contribution >= 0.6 is 0 Å². The molecule has 18 heavy (non-hydrogen) atoms. The molecule has 3 nitrogen and oxygen atoms in total. The number of aromatic hydroxyl groups is 1. The first-order valence-corrected chi connectivity index (χ1v) is 5.67. The molecule has 2 aromatic rings. The first-order chi connectivity index (χ1) is 8.65. The van der Waals surface area contributed by atoms with Gasteiger partial charge in [0.05, 0.1) is 14.2 Å². The van der Waals surface area contributed by atoms with E-state index in [2.05, 4.69) is 0 Å². The third-order valence-electron chi connectivity index (χ3n) is 2.85. The van der Waals surface area contributed by atoms with Gasteiger partial charge in [-0.2, -0.15) is 0 Å². The maximum absolute atomic E-state index is 9.98. The predicted molar refractivity (Wildman–Crippen MR) is 71.4 cm³/mol. The van der Waals surface area contributed by atoms with Crippen LogP contribution in [0, 0.1) is 6.92 Å². The zero-order valence-corrected chi connectivity index (χ0v) is 10.7. The highest BCUT2D eigenvalue weighted by molar-refractivity contribution is 5.77. The smallest absolute Gasteiger partial charge is 0.127 e. The fourth-order valence-corrected chi connectivity index (χ4v) is 1.89. The molecule has 0 radical (unpaired) electrons. The molecular weight excluding hydrogens is 228 g/mol. The second kappa shape index (κ2) is 5.00. The Hall–Kier alpha value is -2.16. The van der Waals surface area contributed by atoms with Crippen LogP contribution in [0.4, 0.5) is 0 Å². The van der Waals surface area contributed by atoms with Crippen LogP contribution in [0.25, 0.3) is 11.1 Å². The molecule has 0 fully saturated rings. The number of methoxy groups -OCH3 is 2. The van der Waals surface area contributed by atoms with E-state index in [-0.39, 0.29) is 5.75 Å². The van der Waals surface area contributed by atoms with Gasteiger partial charge >= 0.3 is 0 Å². The molecule has 0 spiro atoms. The molecule has 0 unspecified atom stereocenters. The maximum Gasteiger partial charge on any atom is 0.127 e. The minimum atomic E-state index is 0.229. The van der Waals surface area contributed by atoms with Crippen molar-refractivity contribution in [3.8, 4) is 28.4 Å². The fourth-order valence-electron chi connectivity index (χ4n) is 1.89. The molecule has 0 saturated carbocycles. The van der Waals surface area contributed by atoms with Crippen molar-refractivity contribution >= 4 is 0 Å². The Kier molecular flexibility index (Phi) is 3.42. The summed E-state index contributed by atoms with van der Waals surface area (Å²) in [6, 6.07) is 11.0. The van der Waals surface area contributed by atoms with Gasteiger partial charge in [0.2, 0.25) is 0 Å². The molecule has 1 N–H and O–H groups in total. The largest absolute Gasteiger partial charge is 0.507 e. The quantitative estimate of drug-likeness (QED) is 0.899. The molecule has 0 atom stereocenters. The average molecular weight is 244 g/mol. The van der Waals surface area contributed by atoms with Gasteiger partial charge in [-0.1, -0.05) is 11.6 Å². The minimum absolute atomic E-state index is 0.229. The minimum Gasteiger partial charge on any atom is -0.507 e. The van der Waals surface area contributed by atoms with Gasteiger partial charge in [0.1, 0.15) is 17.2 Å². The Balaban J connectivity index is 2.64. The van der Waals surface area contributed by atoms with Crippen LogP contribution in [-0.2, 0) is 0 Å². The number of phenols is 1. The highest BCUT2D eigenvalue weighted by atomic mass is 16.5. The molecular formula is C15H16O3. The van der Waals surface area contributed by atoms with E-state index < -0.39 is 0 Å². The van der Waals surface area contributed by atoms with E-state index in [1.807, 2.05) is 37.3 Å². The maximum atomic E-state index is 9.98. The second-order valence-electron chi connectivity index (χ2n) is 4.09. The number of aryl methyl sites for hydroxylation is 1. The van der Waals surface area contributed by atoms with Gasteiger partial charge in [0, 0.05) is 11.1 Å². The van der Waals surface area contributed by atoms with E-state index >= 15 is 0 Å². The summed E-state index contributed by atoms with van der Waals surface area (Å²) in [5.41, 5.74) is 2.64. The zero-order chi connectivity index (χ0) is 13.1. The van der Waals surface area contributed by atoms with Gasteiger partial charge in [-0.25, -0.2) is 0 Å². The summed E-state index contributed by atoms with van der Waals surface area (Å²) < 4.78 is 10.5. The van der Waals surface area contributed by atoms with Crippen LogP contribution in [0.3, 0.4) is 0 Å². The van der Waals surface area contributed by atoms with Crippen molar-refractivity contribution in [3.63, 3.8) is 0 Å². The lowest BCUT2D eigenvalue weighted by Gasteiger charge is -2.12. The lowest BCUT2D eigenvalue weighted by Crippen LogP contribution is -1.91. The fraction of sp³-hybridized carbons (Fsp3) is 0.200. The molecule has 0 heterocycles. The molecule has 0 bridgehead atoms. The van der Waals surface area contributed by atoms with Crippen molar-refractivity contribution in [1.82, 2.24) is 0 Å². The number of rotatable bonds is 3. The summed E-state index contributed by atoms with van der Waals surface area (Å²) in [5, 5.41) is 9.98. The molecule has 0 amide bonds. The Morgan fingerprint density at radius 2 is 1.67 bits per heavy atom. The number of benzene rings is 2. The molecule has 94 valence electrons. The van der Waals surface area contributed by atoms with E-state index in [1.54, 1.807) is 20.3 Å². The zero-order valence-electron chi connectivity index (χ0n) is 10.7. The van der Waals surface area contributed by atoms with Crippen LogP contribution in [0.15, 0.2) is 36.4 Å². The van der Waals surface area contributed by atoms with Gasteiger partial charge in [-0.05, 0) is 37.3 Å². The van der Waals surface area contributed by atoms with Gasteiger partial charge < -0.3 is 14.6 Å². The molecule has 2 rings (SSSR count). The SMILES string of the molecule is COc1ccc(OC)c(-c2cc(C)ccc2O)c1. The highest BCUT2D eigenvalue weighted by Crippen LogP contribution is 2.38. The van der Waals surface area contributed by atoms with E-state index in [4.69, 9.17) is 9.47 Å². The molecule has 0 aromatic heterocycles. The molecule has 0 aliphatic carbocycles. The van der Waals surface area contributed by atoms with Gasteiger partial charge in [-0.3, -0.25) is 0 Å². The third kappa shape index (κ3) is 2.25. The number of hydrogen-bond donors (Lipinski definition) is 1. The van der Waals surface area contributed by atoms with Crippen LogP contribution in [0.5, 0.6) is 17.2 Å². The standard InChI is InChI=1S/C15H16O3/c1-10-4-6-14(16)12(8-10)13-9-11(17-2)5-7-15(13)18-3/h4-9,16H,1-3H3. The van der Waals surface area contributed by atoms with Crippen LogP contribution in [-0.4, -0.2) is 19.3 Å². The molecule has 2 aromatic carbocycles. The molecule has 3 heteroatoms. The Labute approximate surface area is 107 Å². The molecule has 0 saturated heterocycles. The van der Waals surface area contributed by atoms with Gasteiger partial charge in [-0.15, -0.1) is 0 Å². The van der Waals surface area contributed by atoms with Gasteiger partial charge in [0.25, 0.3) is 0 Å². The lowest BCUT2D eigenvalue weighted by molar-refractivity contribution is 0.404. The van der Waals surface area contributed by atoms with Crippen LogP contribution in [0.2, 0.25) is 0 Å². The van der Waals surface area contributed by atoms with Crippen molar-refractivity contribution in [2.45, 2.75) is 6.92 Å². The Morgan fingerprint density at radius 3 is 2.33 bits per heavy atom. The Morgan fingerprint density at radius 1 is 0.889 bits per heavy atom. The first-order valence-electron chi connectivity index (χ1n) is 5.67. The summed E-state index contributed by atoms with van der Waals surface area (Å²) in [4.78, 5) is 0. The van der Waals surface area contributed by atoms with Crippen LogP contribution in [0.1, 0.15) is 5.56 Å². The van der Waals surface area contributed by atoms with Crippen LogP contribution < -0.4 is 9.47 Å². The Bertz CT molecular complexity index is 562. The first kappa shape index (κ1) is 12.3. The van der Waals surface area contributed by atoms with Gasteiger partial charge in [0.15, 0.2) is 0 Å². The number of ether oxygens (including phenoxy) is 2. The summed E-state index contributed by atoms with van der Waals surface area (Å²) in [6.07, 6.45) is 0. The van der Waals surface area contributed by atoms with Crippen molar-refractivity contribution in [2.75, 3.05) is 14.2 Å². The highest BCUT2D eigenvalue weighted by Gasteiger charge is 2.11. The van der Waals surface area contributed by atoms with E-state index in [0.717, 1.165) is 22.4 Å². The summed E-state index contributed by atoms with van der Waals surface area (Å²) in [7, 11) is 3.22. The lowest BCUT2D eigenvalue weighted by atomic mass is 10.0. The van der Waals surface area contributed by atoms with Crippen molar-refractivity contribution in [2.24, 2.45) is 0 Å². The topological polar surface area (TPSA) is 38.7 Å². The monoisotopic (exact) mass is 244 g/mol. The van der Waals surface area contributed by atoms with E-state index in [0.29, 0.717) is 5.75 Å². The number of hydrogen-bond acceptors (Lipinski definition) is 3. The van der Waals surface area contributed by atoms with Crippen molar-refractivity contribution in [1.29, 1.82) is 0 Å². The van der Waals surface area contributed by atoms with E-state index in [1.165, 1.54) is 0 Å². The normalized spacial score (nSPS) is 10.2. The third-order valence-corrected chi connectivity index (χ3v) is 2.85. The van der Waals surface area contributed by atoms with Crippen molar-refractivity contribution in [3.05, 3.63) is 42.0 Å². The average Bonchev–Trinajstić information content (AvgIpc) is 2.40. The van der Waals surface area contributed by atoms with Crippen molar-refractivity contribution < 1.29 is 14.6 Å². The number of phenolic OH excluding ortho intramolecular Hbond substituents is 1.